The second-order valence-electron chi connectivity index (χ2n) is 7.17. The molecular formula is C20H22F3N2O2. The van der Waals surface area contributed by atoms with Gasteiger partial charge in [-0.15, -0.1) is 0 Å². The summed E-state index contributed by atoms with van der Waals surface area (Å²) in [4.78, 5) is 16.2. The lowest BCUT2D eigenvalue weighted by Crippen LogP contribution is -2.54. The number of alkyl halides is 3. The Kier molecular flexibility index (Phi) is 5.22. The third-order valence-corrected chi connectivity index (χ3v) is 4.82. The van der Waals surface area contributed by atoms with Crippen molar-refractivity contribution < 1.29 is 22.4 Å². The molecule has 1 aromatic carbocycles. The number of furan rings is 1. The Hall–Kier alpha value is -2.44. The summed E-state index contributed by atoms with van der Waals surface area (Å²) >= 11 is 0. The van der Waals surface area contributed by atoms with E-state index in [1.807, 2.05) is 25.7 Å². The molecule has 1 aromatic heterocycles. The van der Waals surface area contributed by atoms with E-state index in [2.05, 4.69) is 6.07 Å². The number of hydrogen-bond acceptors (Lipinski definition) is 3. The van der Waals surface area contributed by atoms with Gasteiger partial charge in [0.25, 0.3) is 5.91 Å². The van der Waals surface area contributed by atoms with Gasteiger partial charge in [-0.1, -0.05) is 13.8 Å². The van der Waals surface area contributed by atoms with Crippen molar-refractivity contribution in [2.75, 3.05) is 24.5 Å². The van der Waals surface area contributed by atoms with Gasteiger partial charge in [0.2, 0.25) is 0 Å². The van der Waals surface area contributed by atoms with Crippen LogP contribution in [-0.4, -0.2) is 36.5 Å². The zero-order chi connectivity index (χ0) is 19.8. The molecule has 0 bridgehead atoms. The Balaban J connectivity index is 1.82. The quantitative estimate of drug-likeness (QED) is 0.784. The van der Waals surface area contributed by atoms with Gasteiger partial charge >= 0.3 is 6.18 Å². The number of anilines is 1. The van der Waals surface area contributed by atoms with E-state index in [1.165, 1.54) is 12.5 Å². The molecule has 27 heavy (non-hydrogen) atoms. The molecule has 145 valence electrons. The molecule has 0 unspecified atom stereocenters. The number of halogens is 3. The second-order valence-corrected chi connectivity index (χ2v) is 7.17. The molecule has 4 nitrogen and oxygen atoms in total. The van der Waals surface area contributed by atoms with Crippen LogP contribution in [0.25, 0.3) is 0 Å². The third kappa shape index (κ3) is 4.12. The molecule has 1 saturated heterocycles. The number of carbonyl (C=O) groups excluding carboxylic acids is 1. The summed E-state index contributed by atoms with van der Waals surface area (Å²) < 4.78 is 44.8. The Labute approximate surface area is 156 Å². The fourth-order valence-electron chi connectivity index (χ4n) is 3.27. The van der Waals surface area contributed by atoms with E-state index >= 15 is 0 Å². The van der Waals surface area contributed by atoms with Crippen LogP contribution in [0.15, 0.2) is 35.1 Å². The van der Waals surface area contributed by atoms with E-state index in [4.69, 9.17) is 4.42 Å². The average Bonchev–Trinajstić information content (AvgIpc) is 3.14. The van der Waals surface area contributed by atoms with Crippen molar-refractivity contribution in [1.29, 1.82) is 0 Å². The number of rotatable bonds is 3. The molecule has 1 fully saturated rings. The summed E-state index contributed by atoms with van der Waals surface area (Å²) in [6.45, 7) is 6.95. The first kappa shape index (κ1) is 19.3. The largest absolute Gasteiger partial charge is 0.472 e. The maximum absolute atomic E-state index is 13.3. The summed E-state index contributed by atoms with van der Waals surface area (Å²) in [5.74, 6) is -0.191. The zero-order valence-corrected chi connectivity index (χ0v) is 15.5. The SMILES string of the molecule is CC(C)c1[c]c(C(F)(F)F)cc(N2CCN(C(=O)c3ccoc3)[C@H](C)C2)c1. The minimum atomic E-state index is -4.44. The molecule has 1 aliphatic heterocycles. The normalized spacial score (nSPS) is 18.3. The van der Waals surface area contributed by atoms with Crippen molar-refractivity contribution in [2.24, 2.45) is 0 Å². The summed E-state index contributed by atoms with van der Waals surface area (Å²) in [5, 5.41) is 0. The molecule has 2 aromatic rings. The fraction of sp³-hybridized carbons (Fsp3) is 0.450. The van der Waals surface area contributed by atoms with Crippen LogP contribution in [0, 0.1) is 6.07 Å². The smallest absolute Gasteiger partial charge is 0.417 e. The monoisotopic (exact) mass is 379 g/mol. The third-order valence-electron chi connectivity index (χ3n) is 4.82. The van der Waals surface area contributed by atoms with Crippen LogP contribution in [0.3, 0.4) is 0 Å². The topological polar surface area (TPSA) is 36.7 Å². The minimum Gasteiger partial charge on any atom is -0.472 e. The number of carbonyl (C=O) groups is 1. The summed E-state index contributed by atoms with van der Waals surface area (Å²) in [7, 11) is 0. The van der Waals surface area contributed by atoms with Crippen LogP contribution in [-0.2, 0) is 6.18 Å². The summed E-state index contributed by atoms with van der Waals surface area (Å²) in [6, 6.07) is 6.88. The molecule has 0 N–H and O–H groups in total. The highest BCUT2D eigenvalue weighted by molar-refractivity contribution is 5.94. The van der Waals surface area contributed by atoms with E-state index in [0.717, 1.165) is 6.07 Å². The first-order chi connectivity index (χ1) is 12.7. The molecule has 1 atom stereocenters. The Bertz CT molecular complexity index is 800. The number of nitrogens with zero attached hydrogens (tertiary/aromatic N) is 2. The lowest BCUT2D eigenvalue weighted by Gasteiger charge is -2.41. The van der Waals surface area contributed by atoms with Gasteiger partial charge in [0, 0.05) is 31.4 Å². The van der Waals surface area contributed by atoms with E-state index in [9.17, 15) is 18.0 Å². The molecule has 1 amide bonds. The van der Waals surface area contributed by atoms with Crippen LogP contribution >= 0.6 is 0 Å². The zero-order valence-electron chi connectivity index (χ0n) is 15.5. The van der Waals surface area contributed by atoms with Crippen molar-refractivity contribution in [1.82, 2.24) is 4.90 Å². The van der Waals surface area contributed by atoms with E-state index in [0.29, 0.717) is 36.4 Å². The molecule has 1 aliphatic rings. The summed E-state index contributed by atoms with van der Waals surface area (Å²) in [6.07, 6.45) is -1.59. The van der Waals surface area contributed by atoms with Crippen LogP contribution in [0.2, 0.25) is 0 Å². The standard InChI is InChI=1S/C20H22F3N2O2/c1-13(2)16-8-17(20(21,22)23)10-18(9-16)24-5-6-25(14(3)11-24)19(26)15-4-7-27-12-15/h4,7,9-10,12-14H,5-6,11H2,1-3H3/t14-/m1/s1. The predicted molar refractivity (Wildman–Crippen MR) is 95.8 cm³/mol. The van der Waals surface area contributed by atoms with Gasteiger partial charge in [0.15, 0.2) is 0 Å². The van der Waals surface area contributed by atoms with Crippen molar-refractivity contribution in [3.63, 3.8) is 0 Å². The van der Waals surface area contributed by atoms with Crippen LogP contribution in [0.1, 0.15) is 48.2 Å². The molecule has 0 spiro atoms. The van der Waals surface area contributed by atoms with E-state index < -0.39 is 11.7 Å². The molecule has 3 rings (SSSR count). The van der Waals surface area contributed by atoms with Crippen molar-refractivity contribution in [3.05, 3.63) is 53.5 Å². The number of hydrogen-bond donors (Lipinski definition) is 0. The molecule has 7 heteroatoms. The molecule has 1 radical (unpaired) electrons. The lowest BCUT2D eigenvalue weighted by atomic mass is 9.98. The predicted octanol–water partition coefficient (Wildman–Crippen LogP) is 4.57. The van der Waals surface area contributed by atoms with Gasteiger partial charge in [-0.2, -0.15) is 13.2 Å². The van der Waals surface area contributed by atoms with Crippen molar-refractivity contribution >= 4 is 11.6 Å². The molecular weight excluding hydrogens is 357 g/mol. The van der Waals surface area contributed by atoms with Gasteiger partial charge in [0.05, 0.1) is 17.4 Å². The van der Waals surface area contributed by atoms with Crippen molar-refractivity contribution in [2.45, 2.75) is 38.9 Å². The van der Waals surface area contributed by atoms with Gasteiger partial charge in [0.1, 0.15) is 6.26 Å². The van der Waals surface area contributed by atoms with Crippen LogP contribution < -0.4 is 4.90 Å². The Morgan fingerprint density at radius 1 is 1.30 bits per heavy atom. The average molecular weight is 379 g/mol. The fourth-order valence-corrected chi connectivity index (χ4v) is 3.27. The Morgan fingerprint density at radius 2 is 2.04 bits per heavy atom. The molecule has 0 saturated carbocycles. The Morgan fingerprint density at radius 3 is 2.59 bits per heavy atom. The van der Waals surface area contributed by atoms with Gasteiger partial charge in [-0.05, 0) is 42.7 Å². The van der Waals surface area contributed by atoms with Gasteiger partial charge in [-0.25, -0.2) is 0 Å². The number of benzene rings is 1. The van der Waals surface area contributed by atoms with Crippen LogP contribution in [0.5, 0.6) is 0 Å². The van der Waals surface area contributed by atoms with Gasteiger partial charge in [-0.3, -0.25) is 4.79 Å². The first-order valence-electron chi connectivity index (χ1n) is 8.89. The highest BCUT2D eigenvalue weighted by Gasteiger charge is 2.34. The van der Waals surface area contributed by atoms with Crippen LogP contribution in [0.4, 0.5) is 18.9 Å². The lowest BCUT2D eigenvalue weighted by molar-refractivity contribution is -0.137. The molecule has 0 aliphatic carbocycles. The molecule has 2 heterocycles. The minimum absolute atomic E-state index is 0.0626. The number of amides is 1. The first-order valence-corrected chi connectivity index (χ1v) is 8.89. The maximum Gasteiger partial charge on any atom is 0.417 e. The van der Waals surface area contributed by atoms with Gasteiger partial charge < -0.3 is 14.2 Å². The number of piperazine rings is 1. The second kappa shape index (κ2) is 7.29. The maximum atomic E-state index is 13.3. The van der Waals surface area contributed by atoms with E-state index in [-0.39, 0.29) is 17.9 Å². The van der Waals surface area contributed by atoms with E-state index in [1.54, 1.807) is 17.0 Å². The highest BCUT2D eigenvalue weighted by atomic mass is 19.4. The highest BCUT2D eigenvalue weighted by Crippen LogP contribution is 2.35. The summed E-state index contributed by atoms with van der Waals surface area (Å²) in [5.41, 5.74) is 0.774. The van der Waals surface area contributed by atoms with Crippen molar-refractivity contribution in [3.8, 4) is 0 Å².